The highest BCUT2D eigenvalue weighted by molar-refractivity contribution is 5.69. The molecule has 1 aromatic carbocycles. The number of likely N-dealkylation sites (tertiary alicyclic amines) is 1. The lowest BCUT2D eigenvalue weighted by Crippen LogP contribution is -2.52. The zero-order valence-electron chi connectivity index (χ0n) is 17.2. The van der Waals surface area contributed by atoms with Crippen molar-refractivity contribution >= 4 is 12.2 Å². The monoisotopic (exact) mass is 370 g/mol. The molecule has 0 aromatic heterocycles. The van der Waals surface area contributed by atoms with Gasteiger partial charge in [-0.1, -0.05) is 48.9 Å². The van der Waals surface area contributed by atoms with Gasteiger partial charge in [-0.05, 0) is 64.0 Å². The van der Waals surface area contributed by atoms with Crippen LogP contribution in [0.3, 0.4) is 0 Å². The number of rotatable bonds is 7. The van der Waals surface area contributed by atoms with Gasteiger partial charge in [-0.15, -0.1) is 0 Å². The Bertz CT molecular complexity index is 657. The van der Waals surface area contributed by atoms with Crippen LogP contribution in [0.25, 0.3) is 6.08 Å². The number of nitrogens with one attached hydrogen (secondary N) is 1. The van der Waals surface area contributed by atoms with Gasteiger partial charge in [0, 0.05) is 19.1 Å². The van der Waals surface area contributed by atoms with Gasteiger partial charge in [0.1, 0.15) is 5.60 Å². The van der Waals surface area contributed by atoms with E-state index in [0.717, 1.165) is 32.5 Å². The van der Waals surface area contributed by atoms with E-state index in [1.807, 2.05) is 25.7 Å². The average Bonchev–Trinajstić information content (AvgIpc) is 3.33. The third kappa shape index (κ3) is 5.83. The Labute approximate surface area is 164 Å². The van der Waals surface area contributed by atoms with E-state index in [-0.39, 0.29) is 6.09 Å². The molecule has 2 unspecified atom stereocenters. The summed E-state index contributed by atoms with van der Waals surface area (Å²) in [5.74, 6) is 1.29. The van der Waals surface area contributed by atoms with Crippen molar-refractivity contribution in [2.24, 2.45) is 11.8 Å². The summed E-state index contributed by atoms with van der Waals surface area (Å²) < 4.78 is 5.41. The third-order valence-corrected chi connectivity index (χ3v) is 5.39. The molecule has 1 saturated carbocycles. The summed E-state index contributed by atoms with van der Waals surface area (Å²) in [7, 11) is 0. The Morgan fingerprint density at radius 3 is 2.59 bits per heavy atom. The number of hydrogen-bond donors (Lipinski definition) is 1. The minimum Gasteiger partial charge on any atom is -0.444 e. The minimum absolute atomic E-state index is 0.174. The van der Waals surface area contributed by atoms with Gasteiger partial charge < -0.3 is 15.0 Å². The van der Waals surface area contributed by atoms with Gasteiger partial charge in [0.2, 0.25) is 0 Å². The zero-order valence-corrected chi connectivity index (χ0v) is 17.2. The van der Waals surface area contributed by atoms with Gasteiger partial charge in [0.05, 0.1) is 0 Å². The summed E-state index contributed by atoms with van der Waals surface area (Å²) in [6.45, 7) is 10.7. The number of nitrogens with zero attached hydrogens (tertiary/aromatic N) is 1. The van der Waals surface area contributed by atoms with Crippen LogP contribution in [-0.2, 0) is 4.74 Å². The maximum Gasteiger partial charge on any atom is 0.410 e. The SMILES string of the molecule is CCC(=Cc1ccccc1)C1CC1NCCC1CN(C(=O)OC(C)(C)C)C1. The lowest BCUT2D eigenvalue weighted by atomic mass is 9.97. The first-order valence-corrected chi connectivity index (χ1v) is 10.3. The second kappa shape index (κ2) is 8.47. The van der Waals surface area contributed by atoms with E-state index in [1.54, 1.807) is 5.57 Å². The summed E-state index contributed by atoms with van der Waals surface area (Å²) in [6.07, 6.45) is 5.68. The van der Waals surface area contributed by atoms with Crippen molar-refractivity contribution in [1.82, 2.24) is 10.2 Å². The largest absolute Gasteiger partial charge is 0.444 e. The number of carbonyl (C=O) groups is 1. The molecule has 1 amide bonds. The summed E-state index contributed by atoms with van der Waals surface area (Å²) in [4.78, 5) is 13.8. The maximum absolute atomic E-state index is 12.0. The lowest BCUT2D eigenvalue weighted by molar-refractivity contribution is -0.00204. The molecule has 2 fully saturated rings. The van der Waals surface area contributed by atoms with Crippen LogP contribution in [-0.4, -0.2) is 42.3 Å². The first-order valence-electron chi connectivity index (χ1n) is 10.3. The molecule has 27 heavy (non-hydrogen) atoms. The van der Waals surface area contributed by atoms with E-state index >= 15 is 0 Å². The van der Waals surface area contributed by atoms with Crippen LogP contribution in [0.5, 0.6) is 0 Å². The highest BCUT2D eigenvalue weighted by Gasteiger charge is 2.39. The molecule has 1 aliphatic carbocycles. The van der Waals surface area contributed by atoms with Crippen LogP contribution in [0.1, 0.15) is 52.5 Å². The summed E-state index contributed by atoms with van der Waals surface area (Å²) in [6, 6.07) is 11.2. The Morgan fingerprint density at radius 2 is 1.96 bits per heavy atom. The maximum atomic E-state index is 12.0. The Hall–Kier alpha value is -1.81. The highest BCUT2D eigenvalue weighted by atomic mass is 16.6. The van der Waals surface area contributed by atoms with Crippen molar-refractivity contribution < 1.29 is 9.53 Å². The fraction of sp³-hybridized carbons (Fsp3) is 0.609. The summed E-state index contributed by atoms with van der Waals surface area (Å²) in [5, 5.41) is 3.71. The van der Waals surface area contributed by atoms with Gasteiger partial charge in [0.15, 0.2) is 0 Å². The molecule has 1 aliphatic heterocycles. The normalized spacial score (nSPS) is 23.1. The second-order valence-electron chi connectivity index (χ2n) is 8.93. The van der Waals surface area contributed by atoms with Crippen LogP contribution in [0.2, 0.25) is 0 Å². The molecule has 4 nitrogen and oxygen atoms in total. The molecule has 2 atom stereocenters. The Balaban J connectivity index is 1.34. The van der Waals surface area contributed by atoms with Crippen molar-refractivity contribution in [1.29, 1.82) is 0 Å². The third-order valence-electron chi connectivity index (χ3n) is 5.39. The number of amides is 1. The van der Waals surface area contributed by atoms with E-state index in [2.05, 4.69) is 48.6 Å². The molecule has 1 saturated heterocycles. The molecule has 1 aromatic rings. The molecule has 2 aliphatic rings. The quantitative estimate of drug-likeness (QED) is 0.755. The summed E-state index contributed by atoms with van der Waals surface area (Å²) >= 11 is 0. The molecule has 4 heteroatoms. The van der Waals surface area contributed by atoms with Gasteiger partial charge in [-0.25, -0.2) is 4.79 Å². The molecular formula is C23H34N2O2. The van der Waals surface area contributed by atoms with Crippen molar-refractivity contribution in [3.05, 3.63) is 41.5 Å². The molecular weight excluding hydrogens is 336 g/mol. The molecule has 0 radical (unpaired) electrons. The van der Waals surface area contributed by atoms with Gasteiger partial charge >= 0.3 is 6.09 Å². The topological polar surface area (TPSA) is 41.6 Å². The van der Waals surface area contributed by atoms with Gasteiger partial charge in [0.25, 0.3) is 0 Å². The predicted octanol–water partition coefficient (Wildman–Crippen LogP) is 4.72. The molecule has 3 rings (SSSR count). The summed E-state index contributed by atoms with van der Waals surface area (Å²) in [5.41, 5.74) is 2.45. The van der Waals surface area contributed by atoms with Gasteiger partial charge in [-0.2, -0.15) is 0 Å². The Morgan fingerprint density at radius 1 is 1.26 bits per heavy atom. The van der Waals surface area contributed by atoms with Crippen LogP contribution in [0.4, 0.5) is 4.79 Å². The Kier molecular flexibility index (Phi) is 6.25. The molecule has 148 valence electrons. The fourth-order valence-electron chi connectivity index (χ4n) is 3.77. The molecule has 1 heterocycles. The molecule has 0 bridgehead atoms. The van der Waals surface area contributed by atoms with E-state index in [9.17, 15) is 4.79 Å². The van der Waals surface area contributed by atoms with Crippen LogP contribution in [0.15, 0.2) is 35.9 Å². The van der Waals surface area contributed by atoms with Crippen LogP contribution in [0, 0.1) is 11.8 Å². The number of carbonyl (C=O) groups excluding carboxylic acids is 1. The standard InChI is InChI=1S/C23H34N2O2/c1-5-19(13-17-9-7-6-8-10-17)20-14-21(20)24-12-11-18-15-25(16-18)22(26)27-23(2,3)4/h6-10,13,18,20-21,24H,5,11-12,14-16H2,1-4H3. The van der Waals surface area contributed by atoms with E-state index in [0.29, 0.717) is 17.9 Å². The van der Waals surface area contributed by atoms with Crippen LogP contribution >= 0.6 is 0 Å². The zero-order chi connectivity index (χ0) is 19.4. The fourth-order valence-corrected chi connectivity index (χ4v) is 3.77. The van der Waals surface area contributed by atoms with Gasteiger partial charge in [-0.3, -0.25) is 0 Å². The first-order chi connectivity index (χ1) is 12.9. The van der Waals surface area contributed by atoms with Crippen LogP contribution < -0.4 is 5.32 Å². The van der Waals surface area contributed by atoms with E-state index in [4.69, 9.17) is 4.74 Å². The van der Waals surface area contributed by atoms with Crippen molar-refractivity contribution in [2.75, 3.05) is 19.6 Å². The van der Waals surface area contributed by atoms with E-state index in [1.165, 1.54) is 12.0 Å². The first kappa shape index (κ1) is 19.9. The number of ether oxygens (including phenoxy) is 1. The second-order valence-corrected chi connectivity index (χ2v) is 8.93. The van der Waals surface area contributed by atoms with Crippen molar-refractivity contribution in [2.45, 2.75) is 58.6 Å². The predicted molar refractivity (Wildman–Crippen MR) is 111 cm³/mol. The molecule has 0 spiro atoms. The van der Waals surface area contributed by atoms with Crippen molar-refractivity contribution in [3.63, 3.8) is 0 Å². The van der Waals surface area contributed by atoms with Crippen molar-refractivity contribution in [3.8, 4) is 0 Å². The smallest absolute Gasteiger partial charge is 0.410 e. The lowest BCUT2D eigenvalue weighted by Gasteiger charge is -2.39. The minimum atomic E-state index is -0.408. The number of benzene rings is 1. The average molecular weight is 371 g/mol. The molecule has 1 N–H and O–H groups in total. The van der Waals surface area contributed by atoms with E-state index < -0.39 is 5.60 Å². The number of hydrogen-bond acceptors (Lipinski definition) is 3. The highest BCUT2D eigenvalue weighted by Crippen LogP contribution is 2.39.